The van der Waals surface area contributed by atoms with Crippen LogP contribution in [0.4, 0.5) is 11.4 Å². The van der Waals surface area contributed by atoms with E-state index in [1.165, 1.54) is 11.3 Å². The average Bonchev–Trinajstić information content (AvgIpc) is 3.39. The van der Waals surface area contributed by atoms with Crippen LogP contribution >= 0.6 is 11.3 Å². The number of amides is 3. The Labute approximate surface area is 171 Å². The molecular weight excluding hydrogens is 394 g/mol. The van der Waals surface area contributed by atoms with Gasteiger partial charge in [-0.2, -0.15) is 0 Å². The highest BCUT2D eigenvalue weighted by Gasteiger charge is 2.24. The van der Waals surface area contributed by atoms with Crippen molar-refractivity contribution in [2.45, 2.75) is 19.3 Å². The second-order valence-electron chi connectivity index (χ2n) is 6.36. The fraction of sp³-hybridized carbons (Fsp3) is 0.300. The van der Waals surface area contributed by atoms with Crippen molar-refractivity contribution in [3.63, 3.8) is 0 Å². The molecule has 1 aromatic heterocycles. The van der Waals surface area contributed by atoms with Gasteiger partial charge in [-0.3, -0.25) is 19.2 Å². The predicted octanol–water partition coefficient (Wildman–Crippen LogP) is 2.18. The van der Waals surface area contributed by atoms with Crippen LogP contribution in [-0.2, 0) is 19.1 Å². The number of anilines is 2. The minimum atomic E-state index is -0.588. The Hall–Kier alpha value is -3.20. The van der Waals surface area contributed by atoms with Gasteiger partial charge in [-0.15, -0.1) is 11.3 Å². The molecule has 2 N–H and O–H groups in total. The van der Waals surface area contributed by atoms with Gasteiger partial charge < -0.3 is 20.3 Å². The summed E-state index contributed by atoms with van der Waals surface area (Å²) in [6.45, 7) is 0.287. The van der Waals surface area contributed by atoms with Crippen LogP contribution in [0.3, 0.4) is 0 Å². The van der Waals surface area contributed by atoms with Crippen molar-refractivity contribution < 1.29 is 23.9 Å². The number of hydrogen-bond donors (Lipinski definition) is 2. The van der Waals surface area contributed by atoms with Gasteiger partial charge in [-0.05, 0) is 30.0 Å². The average molecular weight is 415 g/mol. The third kappa shape index (κ3) is 5.64. The lowest BCUT2D eigenvalue weighted by Crippen LogP contribution is -2.28. The zero-order valence-corrected chi connectivity index (χ0v) is 16.5. The van der Waals surface area contributed by atoms with Crippen molar-refractivity contribution in [2.75, 3.05) is 29.9 Å². The number of benzene rings is 1. The minimum Gasteiger partial charge on any atom is -0.456 e. The van der Waals surface area contributed by atoms with Crippen LogP contribution in [0.2, 0.25) is 0 Å². The van der Waals surface area contributed by atoms with Gasteiger partial charge in [0.1, 0.15) is 0 Å². The van der Waals surface area contributed by atoms with E-state index in [9.17, 15) is 19.2 Å². The fourth-order valence-electron chi connectivity index (χ4n) is 2.90. The van der Waals surface area contributed by atoms with E-state index in [-0.39, 0.29) is 24.8 Å². The van der Waals surface area contributed by atoms with Gasteiger partial charge in [0.15, 0.2) is 6.61 Å². The Morgan fingerprint density at radius 3 is 2.69 bits per heavy atom. The van der Waals surface area contributed by atoms with Crippen molar-refractivity contribution in [3.05, 3.63) is 46.7 Å². The molecule has 152 valence electrons. The summed E-state index contributed by atoms with van der Waals surface area (Å²) in [6, 6.07) is 10.5. The molecule has 1 aromatic carbocycles. The van der Waals surface area contributed by atoms with Gasteiger partial charge in [0, 0.05) is 19.5 Å². The predicted molar refractivity (Wildman–Crippen MR) is 109 cm³/mol. The molecule has 0 atom stereocenters. The molecule has 0 radical (unpaired) electrons. The molecule has 2 aromatic rings. The van der Waals surface area contributed by atoms with Crippen molar-refractivity contribution in [1.82, 2.24) is 5.32 Å². The summed E-state index contributed by atoms with van der Waals surface area (Å²) in [4.78, 5) is 49.9. The van der Waals surface area contributed by atoms with Crippen molar-refractivity contribution in [2.24, 2.45) is 0 Å². The molecule has 1 aliphatic rings. The maximum atomic E-state index is 12.1. The maximum absolute atomic E-state index is 12.1. The van der Waals surface area contributed by atoms with Crippen LogP contribution in [-0.4, -0.2) is 43.4 Å². The van der Waals surface area contributed by atoms with Crippen LogP contribution < -0.4 is 15.5 Å². The first-order valence-corrected chi connectivity index (χ1v) is 10.1. The first kappa shape index (κ1) is 20.5. The molecule has 8 nitrogen and oxygen atoms in total. The number of carbonyl (C=O) groups excluding carboxylic acids is 4. The standard InChI is InChI=1S/C20H21N3O5S/c24-17(13-28-19(26)9-10-21-20(27)16-7-4-12-29-16)22-14-5-1-2-6-15(14)23-11-3-8-18(23)25/h1-2,4-7,12H,3,8-11,13H2,(H,21,27)(H,22,24). The zero-order valence-electron chi connectivity index (χ0n) is 15.7. The lowest BCUT2D eigenvalue weighted by atomic mass is 10.2. The van der Waals surface area contributed by atoms with Gasteiger partial charge in [0.2, 0.25) is 5.91 Å². The molecule has 0 bridgehead atoms. The van der Waals surface area contributed by atoms with Crippen LogP contribution in [0, 0.1) is 0 Å². The molecule has 1 saturated heterocycles. The van der Waals surface area contributed by atoms with Gasteiger partial charge in [-0.1, -0.05) is 18.2 Å². The molecule has 0 spiro atoms. The van der Waals surface area contributed by atoms with E-state index in [0.29, 0.717) is 29.2 Å². The van der Waals surface area contributed by atoms with Gasteiger partial charge in [0.05, 0.1) is 22.7 Å². The third-order valence-corrected chi connectivity index (χ3v) is 5.13. The fourth-order valence-corrected chi connectivity index (χ4v) is 3.54. The molecule has 1 fully saturated rings. The zero-order chi connectivity index (χ0) is 20.6. The van der Waals surface area contributed by atoms with Crippen molar-refractivity contribution >= 4 is 46.4 Å². The van der Waals surface area contributed by atoms with E-state index in [1.54, 1.807) is 46.7 Å². The topological polar surface area (TPSA) is 105 Å². The molecular formula is C20H21N3O5S. The number of hydrogen-bond acceptors (Lipinski definition) is 6. The summed E-state index contributed by atoms with van der Waals surface area (Å²) in [5, 5.41) is 7.09. The quantitative estimate of drug-likeness (QED) is 0.643. The number of thiophene rings is 1. The van der Waals surface area contributed by atoms with E-state index in [0.717, 1.165) is 6.42 Å². The SMILES string of the molecule is O=C(COC(=O)CCNC(=O)c1cccs1)Nc1ccccc1N1CCCC1=O. The van der Waals surface area contributed by atoms with Crippen LogP contribution in [0.5, 0.6) is 0 Å². The second kappa shape index (κ2) is 9.83. The highest BCUT2D eigenvalue weighted by atomic mass is 32.1. The first-order chi connectivity index (χ1) is 14.0. The number of rotatable bonds is 8. The van der Waals surface area contributed by atoms with E-state index in [1.807, 2.05) is 0 Å². The first-order valence-electron chi connectivity index (χ1n) is 9.21. The number of ether oxygens (including phenoxy) is 1. The van der Waals surface area contributed by atoms with Crippen LogP contribution in [0.1, 0.15) is 28.9 Å². The highest BCUT2D eigenvalue weighted by molar-refractivity contribution is 7.12. The largest absolute Gasteiger partial charge is 0.456 e. The van der Waals surface area contributed by atoms with E-state index in [2.05, 4.69) is 10.6 Å². The smallest absolute Gasteiger partial charge is 0.308 e. The van der Waals surface area contributed by atoms with Crippen molar-refractivity contribution in [3.8, 4) is 0 Å². The number of nitrogens with one attached hydrogen (secondary N) is 2. The molecule has 3 amide bonds. The molecule has 0 saturated carbocycles. The molecule has 0 unspecified atom stereocenters. The maximum Gasteiger partial charge on any atom is 0.308 e. The van der Waals surface area contributed by atoms with E-state index < -0.39 is 18.5 Å². The van der Waals surface area contributed by atoms with Crippen LogP contribution in [0.25, 0.3) is 0 Å². The summed E-state index contributed by atoms with van der Waals surface area (Å²) in [6.07, 6.45) is 1.23. The monoisotopic (exact) mass is 415 g/mol. The second-order valence-corrected chi connectivity index (χ2v) is 7.31. The summed E-state index contributed by atoms with van der Waals surface area (Å²) in [5.74, 6) is -1.32. The Kier molecular flexibility index (Phi) is 6.96. The van der Waals surface area contributed by atoms with Crippen molar-refractivity contribution in [1.29, 1.82) is 0 Å². The Morgan fingerprint density at radius 2 is 1.97 bits per heavy atom. The van der Waals surface area contributed by atoms with Crippen LogP contribution in [0.15, 0.2) is 41.8 Å². The van der Waals surface area contributed by atoms with Gasteiger partial charge in [0.25, 0.3) is 11.8 Å². The van der Waals surface area contributed by atoms with Gasteiger partial charge in [-0.25, -0.2) is 0 Å². The number of nitrogens with zero attached hydrogens (tertiary/aromatic N) is 1. The third-order valence-electron chi connectivity index (χ3n) is 4.27. The summed E-state index contributed by atoms with van der Waals surface area (Å²) < 4.78 is 4.95. The molecule has 3 rings (SSSR count). The van der Waals surface area contributed by atoms with E-state index >= 15 is 0 Å². The minimum absolute atomic E-state index is 0.0164. The molecule has 2 heterocycles. The Bertz CT molecular complexity index is 897. The lowest BCUT2D eigenvalue weighted by molar-refractivity contribution is -0.147. The molecule has 29 heavy (non-hydrogen) atoms. The summed E-state index contributed by atoms with van der Waals surface area (Å²) in [5.41, 5.74) is 1.12. The summed E-state index contributed by atoms with van der Waals surface area (Å²) in [7, 11) is 0. The Balaban J connectivity index is 1.42. The Morgan fingerprint density at radius 1 is 1.14 bits per heavy atom. The number of para-hydroxylation sites is 2. The lowest BCUT2D eigenvalue weighted by Gasteiger charge is -2.19. The molecule has 9 heteroatoms. The van der Waals surface area contributed by atoms with E-state index in [4.69, 9.17) is 4.74 Å². The van der Waals surface area contributed by atoms with Gasteiger partial charge >= 0.3 is 5.97 Å². The summed E-state index contributed by atoms with van der Waals surface area (Å²) >= 11 is 1.31. The number of esters is 1. The number of carbonyl (C=O) groups is 4. The molecule has 1 aliphatic heterocycles. The molecule has 0 aliphatic carbocycles. The highest BCUT2D eigenvalue weighted by Crippen LogP contribution is 2.29. The normalized spacial score (nSPS) is 13.2.